The Balaban J connectivity index is 2.02. The number of nitrogens with zero attached hydrogens (tertiary/aromatic N) is 3. The molecule has 2 aromatic carbocycles. The molecule has 0 aliphatic rings. The van der Waals surface area contributed by atoms with Crippen LogP contribution in [0.3, 0.4) is 0 Å². The number of carbonyl (C=O) groups is 1. The summed E-state index contributed by atoms with van der Waals surface area (Å²) in [5.41, 5.74) is 3.82. The molecule has 7 heteroatoms. The molecule has 0 saturated heterocycles. The average Bonchev–Trinajstić information content (AvgIpc) is 3.19. The quantitative estimate of drug-likeness (QED) is 0.472. The van der Waals surface area contributed by atoms with Crippen molar-refractivity contribution in [3.05, 3.63) is 47.0 Å². The molecule has 0 radical (unpaired) electrons. The molecule has 0 N–H and O–H groups in total. The summed E-state index contributed by atoms with van der Waals surface area (Å²) in [6.07, 6.45) is 0. The highest BCUT2D eigenvalue weighted by Crippen LogP contribution is 2.33. The Labute approximate surface area is 188 Å². The molecule has 0 spiro atoms. The van der Waals surface area contributed by atoms with Gasteiger partial charge in [-0.2, -0.15) is 0 Å². The fourth-order valence-corrected chi connectivity index (χ4v) is 4.83. The van der Waals surface area contributed by atoms with Crippen molar-refractivity contribution in [1.29, 1.82) is 0 Å². The molecule has 0 bridgehead atoms. The Hall–Kier alpha value is -2.64. The number of anilines is 1. The van der Waals surface area contributed by atoms with E-state index in [1.54, 1.807) is 48.7 Å². The molecule has 0 atom stereocenters. The zero-order valence-corrected chi connectivity index (χ0v) is 20.0. The molecule has 0 fully saturated rings. The van der Waals surface area contributed by atoms with Gasteiger partial charge in [-0.3, -0.25) is 9.69 Å². The summed E-state index contributed by atoms with van der Waals surface area (Å²) in [6.45, 7) is 11.6. The number of amides is 1. The topological polar surface area (TPSA) is 54.9 Å². The third kappa shape index (κ3) is 4.99. The number of likely N-dealkylation sites (N-methyl/N-ethyl adjacent to an activating group) is 1. The fourth-order valence-electron chi connectivity index (χ4n) is 3.66. The van der Waals surface area contributed by atoms with E-state index in [0.29, 0.717) is 23.6 Å². The van der Waals surface area contributed by atoms with Gasteiger partial charge in [-0.1, -0.05) is 31.3 Å². The van der Waals surface area contributed by atoms with Crippen LogP contribution < -0.4 is 14.4 Å². The van der Waals surface area contributed by atoms with E-state index in [1.165, 1.54) is 5.56 Å². The highest BCUT2D eigenvalue weighted by atomic mass is 32.1. The molecular weight excluding hydrogens is 410 g/mol. The maximum Gasteiger partial charge on any atom is 0.260 e. The van der Waals surface area contributed by atoms with Crippen LogP contribution in [0.4, 0.5) is 5.13 Å². The molecule has 6 nitrogen and oxygen atoms in total. The fraction of sp³-hybridized carbons (Fsp3) is 0.417. The minimum absolute atomic E-state index is 0.0958. The van der Waals surface area contributed by atoms with Gasteiger partial charge in [0.1, 0.15) is 0 Å². The molecule has 166 valence electrons. The molecule has 3 aromatic rings. The number of fused-ring (bicyclic) bond motifs is 1. The Morgan fingerprint density at radius 3 is 2.35 bits per heavy atom. The lowest BCUT2D eigenvalue weighted by Gasteiger charge is -2.25. The normalized spacial score (nSPS) is 11.2. The van der Waals surface area contributed by atoms with E-state index >= 15 is 0 Å². The molecular formula is C24H31N3O3S. The summed E-state index contributed by atoms with van der Waals surface area (Å²) >= 11 is 1.56. The number of hydrogen-bond donors (Lipinski definition) is 0. The van der Waals surface area contributed by atoms with Crippen molar-refractivity contribution in [2.75, 3.05) is 45.3 Å². The molecule has 0 saturated carbocycles. The van der Waals surface area contributed by atoms with Crippen LogP contribution in [0.2, 0.25) is 0 Å². The number of hydrogen-bond acceptors (Lipinski definition) is 6. The van der Waals surface area contributed by atoms with Crippen molar-refractivity contribution in [2.45, 2.75) is 27.7 Å². The summed E-state index contributed by atoms with van der Waals surface area (Å²) in [4.78, 5) is 22.6. The first-order valence-electron chi connectivity index (χ1n) is 10.6. The van der Waals surface area contributed by atoms with Crippen molar-refractivity contribution < 1.29 is 14.3 Å². The summed E-state index contributed by atoms with van der Waals surface area (Å²) in [5.74, 6) is 1.04. The highest BCUT2D eigenvalue weighted by Gasteiger charge is 2.23. The van der Waals surface area contributed by atoms with Gasteiger partial charge in [0, 0.05) is 18.7 Å². The van der Waals surface area contributed by atoms with Crippen molar-refractivity contribution >= 4 is 32.6 Å². The van der Waals surface area contributed by atoms with Crippen molar-refractivity contribution in [3.63, 3.8) is 0 Å². The Kier molecular flexibility index (Phi) is 7.51. The monoisotopic (exact) mass is 441 g/mol. The Bertz CT molecular complexity index is 1060. The Morgan fingerprint density at radius 2 is 1.71 bits per heavy atom. The van der Waals surface area contributed by atoms with Gasteiger partial charge in [0.15, 0.2) is 16.6 Å². The molecule has 31 heavy (non-hydrogen) atoms. The maximum atomic E-state index is 13.6. The molecule has 1 heterocycles. The smallest absolute Gasteiger partial charge is 0.260 e. The average molecular weight is 442 g/mol. The SMILES string of the molecule is CCN(CC)CCN(C(=O)c1ccc(OC)c(OC)c1)c1nc2c(C)cc(C)cc2s1. The van der Waals surface area contributed by atoms with E-state index in [9.17, 15) is 4.79 Å². The number of thiazole rings is 1. The van der Waals surface area contributed by atoms with E-state index in [4.69, 9.17) is 14.5 Å². The predicted molar refractivity (Wildman–Crippen MR) is 128 cm³/mol. The van der Waals surface area contributed by atoms with Gasteiger partial charge in [0.05, 0.1) is 24.4 Å². The second kappa shape index (κ2) is 10.1. The van der Waals surface area contributed by atoms with Crippen molar-refractivity contribution in [2.24, 2.45) is 0 Å². The first kappa shape index (κ1) is 23.0. The molecule has 0 aliphatic carbocycles. The van der Waals surface area contributed by atoms with Gasteiger partial charge in [-0.05, 0) is 62.3 Å². The lowest BCUT2D eigenvalue weighted by molar-refractivity contribution is 0.0983. The number of ether oxygens (including phenoxy) is 2. The number of methoxy groups -OCH3 is 2. The predicted octanol–water partition coefficient (Wildman–Crippen LogP) is 4.92. The van der Waals surface area contributed by atoms with Gasteiger partial charge < -0.3 is 14.4 Å². The second-order valence-corrected chi connectivity index (χ2v) is 8.49. The lowest BCUT2D eigenvalue weighted by atomic mass is 10.1. The standard InChI is InChI=1S/C24H31N3O3S/c1-7-26(8-2)11-12-27(23(28)18-9-10-19(29-5)20(15-18)30-6)24-25-22-17(4)13-16(3)14-21(22)31-24/h9-10,13-15H,7-8,11-12H2,1-6H3. The largest absolute Gasteiger partial charge is 0.493 e. The number of aromatic nitrogens is 1. The van der Waals surface area contributed by atoms with Gasteiger partial charge >= 0.3 is 0 Å². The van der Waals surface area contributed by atoms with Crippen LogP contribution in [0.25, 0.3) is 10.2 Å². The van der Waals surface area contributed by atoms with Gasteiger partial charge in [-0.15, -0.1) is 0 Å². The van der Waals surface area contributed by atoms with E-state index in [-0.39, 0.29) is 5.91 Å². The zero-order valence-electron chi connectivity index (χ0n) is 19.2. The van der Waals surface area contributed by atoms with Crippen LogP contribution in [0.1, 0.15) is 35.3 Å². The molecule has 1 amide bonds. The minimum atomic E-state index is -0.0958. The molecule has 3 rings (SSSR count). The third-order valence-corrected chi connectivity index (χ3v) is 6.48. The first-order valence-corrected chi connectivity index (χ1v) is 11.4. The van der Waals surface area contributed by atoms with Gasteiger partial charge in [0.25, 0.3) is 5.91 Å². The van der Waals surface area contributed by atoms with Crippen LogP contribution in [0, 0.1) is 13.8 Å². The number of rotatable bonds is 9. The first-order chi connectivity index (χ1) is 14.9. The highest BCUT2D eigenvalue weighted by molar-refractivity contribution is 7.22. The molecule has 0 aliphatic heterocycles. The minimum Gasteiger partial charge on any atom is -0.493 e. The van der Waals surface area contributed by atoms with Crippen molar-refractivity contribution in [3.8, 4) is 11.5 Å². The van der Waals surface area contributed by atoms with E-state index in [2.05, 4.69) is 44.7 Å². The van der Waals surface area contributed by atoms with Gasteiger partial charge in [-0.25, -0.2) is 4.98 Å². The number of benzene rings is 2. The summed E-state index contributed by atoms with van der Waals surface area (Å²) in [5, 5.41) is 0.718. The number of carbonyl (C=O) groups excluding carboxylic acids is 1. The van der Waals surface area contributed by atoms with Crippen molar-refractivity contribution in [1.82, 2.24) is 9.88 Å². The van der Waals surface area contributed by atoms with Crippen LogP contribution in [0.15, 0.2) is 30.3 Å². The summed E-state index contributed by atoms with van der Waals surface area (Å²) in [6, 6.07) is 9.53. The van der Waals surface area contributed by atoms with Gasteiger partial charge in [0.2, 0.25) is 0 Å². The Morgan fingerprint density at radius 1 is 1.00 bits per heavy atom. The van der Waals surface area contributed by atoms with Crippen LogP contribution in [-0.2, 0) is 0 Å². The van der Waals surface area contributed by atoms with E-state index < -0.39 is 0 Å². The third-order valence-electron chi connectivity index (χ3n) is 5.46. The summed E-state index contributed by atoms with van der Waals surface area (Å²) < 4.78 is 11.8. The van der Waals surface area contributed by atoms with E-state index in [0.717, 1.165) is 40.5 Å². The maximum absolute atomic E-state index is 13.6. The molecule has 1 aromatic heterocycles. The lowest BCUT2D eigenvalue weighted by Crippen LogP contribution is -2.38. The van der Waals surface area contributed by atoms with Crippen LogP contribution in [0.5, 0.6) is 11.5 Å². The second-order valence-electron chi connectivity index (χ2n) is 7.48. The van der Waals surface area contributed by atoms with Crippen LogP contribution >= 0.6 is 11.3 Å². The number of aryl methyl sites for hydroxylation is 2. The zero-order chi connectivity index (χ0) is 22.5. The molecule has 0 unspecified atom stereocenters. The summed E-state index contributed by atoms with van der Waals surface area (Å²) in [7, 11) is 3.16. The van der Waals surface area contributed by atoms with E-state index in [1.807, 2.05) is 0 Å². The van der Waals surface area contributed by atoms with Crippen LogP contribution in [-0.4, -0.2) is 56.2 Å².